The van der Waals surface area contributed by atoms with Crippen molar-refractivity contribution in [2.75, 3.05) is 25.1 Å². The van der Waals surface area contributed by atoms with Crippen LogP contribution in [0.3, 0.4) is 0 Å². The Kier molecular flexibility index (Phi) is 5.54. The van der Waals surface area contributed by atoms with E-state index in [1.807, 2.05) is 0 Å². The van der Waals surface area contributed by atoms with E-state index in [0.29, 0.717) is 27.2 Å². The number of halogens is 2. The van der Waals surface area contributed by atoms with Gasteiger partial charge in [-0.1, -0.05) is 35.3 Å². The number of fused-ring (bicyclic) bond motifs is 1. The second-order valence-electron chi connectivity index (χ2n) is 5.56. The first-order valence-electron chi connectivity index (χ1n) is 7.85. The minimum Gasteiger partial charge on any atom is -0.482 e. The fourth-order valence-electron chi connectivity index (χ4n) is 2.58. The second kappa shape index (κ2) is 7.85. The molecule has 0 saturated heterocycles. The second-order valence-corrected chi connectivity index (χ2v) is 6.40. The van der Waals surface area contributed by atoms with E-state index in [4.69, 9.17) is 32.7 Å². The number of likely N-dealkylation sites (N-methyl/N-ethyl adjacent to an activating group) is 1. The highest BCUT2D eigenvalue weighted by molar-refractivity contribution is 6.35. The van der Waals surface area contributed by atoms with Crippen molar-refractivity contribution in [2.24, 2.45) is 0 Å². The van der Waals surface area contributed by atoms with Crippen LogP contribution in [0.1, 0.15) is 0 Å². The van der Waals surface area contributed by atoms with Crippen LogP contribution < -0.4 is 19.7 Å². The monoisotopic (exact) mass is 394 g/mol. The molecule has 3 rings (SSSR count). The van der Waals surface area contributed by atoms with Crippen LogP contribution in [0.5, 0.6) is 11.5 Å². The molecule has 0 saturated carbocycles. The third-order valence-electron chi connectivity index (χ3n) is 3.86. The van der Waals surface area contributed by atoms with Gasteiger partial charge in [-0.2, -0.15) is 0 Å². The van der Waals surface area contributed by atoms with Crippen LogP contribution in [-0.4, -0.2) is 38.1 Å². The molecule has 2 aromatic carbocycles. The summed E-state index contributed by atoms with van der Waals surface area (Å²) >= 11 is 11.9. The minimum absolute atomic E-state index is 0.0905. The Hall–Kier alpha value is -2.44. The van der Waals surface area contributed by atoms with E-state index in [2.05, 4.69) is 5.32 Å². The average molecular weight is 395 g/mol. The Morgan fingerprint density at radius 3 is 2.77 bits per heavy atom. The van der Waals surface area contributed by atoms with Crippen molar-refractivity contribution < 1.29 is 19.1 Å². The van der Waals surface area contributed by atoms with Gasteiger partial charge in [0.1, 0.15) is 11.5 Å². The van der Waals surface area contributed by atoms with Crippen molar-refractivity contribution >= 4 is 40.7 Å². The topological polar surface area (TPSA) is 67.9 Å². The Bertz CT molecular complexity index is 844. The first-order valence-corrected chi connectivity index (χ1v) is 8.60. The molecule has 1 aliphatic heterocycles. The summed E-state index contributed by atoms with van der Waals surface area (Å²) in [6.45, 7) is -0.149. The Labute approximate surface area is 160 Å². The number of anilines is 1. The Balaban J connectivity index is 1.77. The third-order valence-corrected chi connectivity index (χ3v) is 4.39. The van der Waals surface area contributed by atoms with E-state index < -0.39 is 6.10 Å². The van der Waals surface area contributed by atoms with Gasteiger partial charge in [0, 0.05) is 12.1 Å². The molecular formula is C18H16Cl2N2O4. The number of carbonyl (C=O) groups excluding carboxylic acids is 2. The fraction of sp³-hybridized carbons (Fsp3) is 0.222. The van der Waals surface area contributed by atoms with Crippen molar-refractivity contribution in [3.8, 4) is 11.5 Å². The van der Waals surface area contributed by atoms with E-state index in [0.717, 1.165) is 0 Å². The summed E-state index contributed by atoms with van der Waals surface area (Å²) in [6, 6.07) is 11.8. The van der Waals surface area contributed by atoms with Gasteiger partial charge < -0.3 is 19.7 Å². The first kappa shape index (κ1) is 18.4. The molecule has 0 aliphatic carbocycles. The first-order chi connectivity index (χ1) is 12.5. The van der Waals surface area contributed by atoms with Crippen LogP contribution in [0.2, 0.25) is 10.0 Å². The summed E-state index contributed by atoms with van der Waals surface area (Å²) in [5, 5.41) is 3.32. The van der Waals surface area contributed by atoms with Crippen LogP contribution in [0.4, 0.5) is 5.69 Å². The van der Waals surface area contributed by atoms with E-state index >= 15 is 0 Å². The van der Waals surface area contributed by atoms with Gasteiger partial charge in [0.25, 0.3) is 11.8 Å². The number of amides is 2. The number of rotatable bonds is 4. The molecular weight excluding hydrogens is 379 g/mol. The maximum Gasteiger partial charge on any atom is 0.265 e. The van der Waals surface area contributed by atoms with Crippen molar-refractivity contribution in [2.45, 2.75) is 6.10 Å². The molecule has 2 amide bonds. The maximum absolute atomic E-state index is 12.7. The summed E-state index contributed by atoms with van der Waals surface area (Å²) in [4.78, 5) is 26.2. The van der Waals surface area contributed by atoms with E-state index in [-0.39, 0.29) is 25.0 Å². The van der Waals surface area contributed by atoms with Gasteiger partial charge in [0.2, 0.25) is 0 Å². The predicted molar refractivity (Wildman–Crippen MR) is 99.2 cm³/mol. The van der Waals surface area contributed by atoms with E-state index in [1.54, 1.807) is 36.4 Å². The van der Waals surface area contributed by atoms with Crippen LogP contribution in [-0.2, 0) is 9.59 Å². The number of carbonyl (C=O) groups is 2. The van der Waals surface area contributed by atoms with Crippen LogP contribution in [0, 0.1) is 0 Å². The van der Waals surface area contributed by atoms with Crippen molar-refractivity contribution in [3.05, 3.63) is 52.5 Å². The molecule has 2 aromatic rings. The zero-order valence-electron chi connectivity index (χ0n) is 13.9. The lowest BCUT2D eigenvalue weighted by atomic mass is 10.1. The molecule has 6 nitrogen and oxygen atoms in total. The molecule has 1 unspecified atom stereocenters. The van der Waals surface area contributed by atoms with Crippen molar-refractivity contribution in [1.82, 2.24) is 5.32 Å². The summed E-state index contributed by atoms with van der Waals surface area (Å²) < 4.78 is 11.2. The molecule has 136 valence electrons. The number of nitrogens with one attached hydrogen (secondary N) is 1. The number of ether oxygens (including phenoxy) is 2. The average Bonchev–Trinajstić information content (AvgIpc) is 2.65. The smallest absolute Gasteiger partial charge is 0.265 e. The van der Waals surface area contributed by atoms with Crippen LogP contribution in [0.15, 0.2) is 42.5 Å². The third kappa shape index (κ3) is 3.86. The van der Waals surface area contributed by atoms with Crippen molar-refractivity contribution in [3.63, 3.8) is 0 Å². The highest BCUT2D eigenvalue weighted by Gasteiger charge is 2.33. The quantitative estimate of drug-likeness (QED) is 0.865. The summed E-state index contributed by atoms with van der Waals surface area (Å²) in [5.41, 5.74) is 0.587. The number of hydrogen-bond donors (Lipinski definition) is 1. The maximum atomic E-state index is 12.7. The van der Waals surface area contributed by atoms with E-state index in [1.165, 1.54) is 18.0 Å². The van der Waals surface area contributed by atoms with Gasteiger partial charge in [-0.05, 0) is 30.3 Å². The molecule has 26 heavy (non-hydrogen) atoms. The van der Waals surface area contributed by atoms with Gasteiger partial charge in [0.15, 0.2) is 12.7 Å². The zero-order chi connectivity index (χ0) is 18.7. The highest BCUT2D eigenvalue weighted by atomic mass is 35.5. The molecule has 0 radical (unpaired) electrons. The van der Waals surface area contributed by atoms with Gasteiger partial charge >= 0.3 is 0 Å². The van der Waals surface area contributed by atoms with Crippen LogP contribution in [0.25, 0.3) is 0 Å². The molecule has 1 aliphatic rings. The lowest BCUT2D eigenvalue weighted by Crippen LogP contribution is -2.51. The largest absolute Gasteiger partial charge is 0.482 e. The molecule has 8 heteroatoms. The molecule has 0 spiro atoms. The number of nitrogens with zero attached hydrogens (tertiary/aromatic N) is 1. The standard InChI is InChI=1S/C18H16Cl2N2O4/c1-21-18(24)16-9-22(13-4-2-3-5-15(13)26-16)17(23)10-25-14-7-6-11(19)8-12(14)20/h2-8,16H,9-10H2,1H3,(H,21,24). The zero-order valence-corrected chi connectivity index (χ0v) is 15.4. The predicted octanol–water partition coefficient (Wildman–Crippen LogP) is 2.91. The van der Waals surface area contributed by atoms with Gasteiger partial charge in [-0.3, -0.25) is 9.59 Å². The molecule has 1 heterocycles. The number of para-hydroxylation sites is 2. The lowest BCUT2D eigenvalue weighted by molar-refractivity contribution is -0.128. The summed E-state index contributed by atoms with van der Waals surface area (Å²) in [6.07, 6.45) is -0.794. The van der Waals surface area contributed by atoms with Crippen LogP contribution >= 0.6 is 23.2 Å². The van der Waals surface area contributed by atoms with E-state index in [9.17, 15) is 9.59 Å². The lowest BCUT2D eigenvalue weighted by Gasteiger charge is -2.33. The highest BCUT2D eigenvalue weighted by Crippen LogP contribution is 2.33. The van der Waals surface area contributed by atoms with Crippen molar-refractivity contribution in [1.29, 1.82) is 0 Å². The Morgan fingerprint density at radius 2 is 2.04 bits per heavy atom. The van der Waals surface area contributed by atoms with Gasteiger partial charge in [0.05, 0.1) is 17.3 Å². The molecule has 1 N–H and O–H groups in total. The number of benzene rings is 2. The fourth-order valence-corrected chi connectivity index (χ4v) is 3.04. The SMILES string of the molecule is CNC(=O)C1CN(C(=O)COc2ccc(Cl)cc2Cl)c2ccccc2O1. The minimum atomic E-state index is -0.794. The number of hydrogen-bond acceptors (Lipinski definition) is 4. The molecule has 0 bridgehead atoms. The normalized spacial score (nSPS) is 15.7. The molecule has 1 atom stereocenters. The van der Waals surface area contributed by atoms with Gasteiger partial charge in [-0.25, -0.2) is 0 Å². The summed E-state index contributed by atoms with van der Waals surface area (Å²) in [5.74, 6) is 0.193. The summed E-state index contributed by atoms with van der Waals surface area (Å²) in [7, 11) is 1.52. The Morgan fingerprint density at radius 1 is 1.27 bits per heavy atom. The molecule has 0 aromatic heterocycles. The van der Waals surface area contributed by atoms with Gasteiger partial charge in [-0.15, -0.1) is 0 Å². The molecule has 0 fully saturated rings.